The molecular weight excluding hydrogens is 287 g/mol. The lowest BCUT2D eigenvalue weighted by Gasteiger charge is -2.33. The summed E-state index contributed by atoms with van der Waals surface area (Å²) >= 11 is 1.41. The summed E-state index contributed by atoms with van der Waals surface area (Å²) in [5.74, 6) is -1.12. The molecule has 2 rings (SSSR count). The van der Waals surface area contributed by atoms with E-state index in [2.05, 4.69) is 0 Å². The molecule has 1 unspecified atom stereocenters. The minimum atomic E-state index is -4.09. The number of piperidine rings is 1. The smallest absolute Gasteiger partial charge is 0.303 e. The first-order chi connectivity index (χ1) is 9.47. The zero-order valence-corrected chi connectivity index (χ0v) is 12.0. The molecule has 112 valence electrons. The number of likely N-dealkylation sites (tertiary alicyclic amines) is 1. The second-order valence-electron chi connectivity index (χ2n) is 5.19. The number of rotatable bonds is 5. The van der Waals surface area contributed by atoms with Crippen molar-refractivity contribution in [2.24, 2.45) is 5.92 Å². The highest BCUT2D eigenvalue weighted by molar-refractivity contribution is 7.12. The highest BCUT2D eigenvalue weighted by atomic mass is 32.1. The fraction of sp³-hybridized carbons (Fsp3) is 0.643. The van der Waals surface area contributed by atoms with Gasteiger partial charge in [0.2, 0.25) is 0 Å². The average Bonchev–Trinajstić information content (AvgIpc) is 2.92. The zero-order chi connectivity index (χ0) is 14.6. The van der Waals surface area contributed by atoms with Crippen molar-refractivity contribution >= 4 is 17.1 Å². The molecule has 1 saturated heterocycles. The monoisotopic (exact) mass is 305 g/mol. The average molecular weight is 305 g/mol. The number of alkyl halides is 3. The van der Waals surface area contributed by atoms with Crippen LogP contribution in [0.1, 0.15) is 35.4 Å². The van der Waals surface area contributed by atoms with Gasteiger partial charge in [-0.2, -0.15) is 13.2 Å². The fourth-order valence-electron chi connectivity index (χ4n) is 2.55. The molecule has 20 heavy (non-hydrogen) atoms. The Hall–Kier alpha value is -0.880. The Morgan fingerprint density at radius 2 is 2.25 bits per heavy atom. The van der Waals surface area contributed by atoms with Crippen molar-refractivity contribution < 1.29 is 18.0 Å². The van der Waals surface area contributed by atoms with Gasteiger partial charge in [0.05, 0.1) is 10.8 Å². The van der Waals surface area contributed by atoms with E-state index in [0.29, 0.717) is 32.4 Å². The number of hydrogen-bond acceptors (Lipinski definition) is 3. The number of Topliss-reactive ketones (excluding diaryl/α,β-unsaturated/α-hetero) is 1. The molecular formula is C14H18F3NOS. The number of nitrogens with zero attached hydrogens (tertiary/aromatic N) is 1. The summed E-state index contributed by atoms with van der Waals surface area (Å²) < 4.78 is 38.0. The zero-order valence-electron chi connectivity index (χ0n) is 11.2. The van der Waals surface area contributed by atoms with Crippen molar-refractivity contribution in [3.8, 4) is 0 Å². The second-order valence-corrected chi connectivity index (χ2v) is 6.13. The summed E-state index contributed by atoms with van der Waals surface area (Å²) in [5.41, 5.74) is 0. The number of carbonyl (C=O) groups is 1. The van der Waals surface area contributed by atoms with Gasteiger partial charge in [-0.3, -0.25) is 4.79 Å². The fourth-order valence-corrected chi connectivity index (χ4v) is 3.24. The van der Waals surface area contributed by atoms with Crippen LogP contribution < -0.4 is 0 Å². The first-order valence-electron chi connectivity index (χ1n) is 6.82. The molecule has 0 radical (unpaired) electrons. The minimum Gasteiger partial charge on any atom is -0.303 e. The summed E-state index contributed by atoms with van der Waals surface area (Å²) in [4.78, 5) is 14.4. The van der Waals surface area contributed by atoms with Crippen molar-refractivity contribution in [1.29, 1.82) is 0 Å². The first kappa shape index (κ1) is 15.5. The maximum absolute atomic E-state index is 12.7. The molecule has 1 atom stereocenters. The maximum atomic E-state index is 12.7. The Morgan fingerprint density at radius 1 is 1.45 bits per heavy atom. The van der Waals surface area contributed by atoms with Gasteiger partial charge in [0.15, 0.2) is 5.78 Å². The van der Waals surface area contributed by atoms with Crippen LogP contribution in [-0.2, 0) is 0 Å². The Morgan fingerprint density at radius 3 is 2.90 bits per heavy atom. The Balaban J connectivity index is 1.73. The normalized spacial score (nSPS) is 21.1. The highest BCUT2D eigenvalue weighted by Gasteiger charge is 2.41. The molecule has 0 N–H and O–H groups in total. The van der Waals surface area contributed by atoms with Crippen LogP contribution in [-0.4, -0.2) is 36.5 Å². The quantitative estimate of drug-likeness (QED) is 0.767. The molecule has 1 fully saturated rings. The van der Waals surface area contributed by atoms with Crippen LogP contribution in [0, 0.1) is 5.92 Å². The highest BCUT2D eigenvalue weighted by Crippen LogP contribution is 2.33. The molecule has 2 nitrogen and oxygen atoms in total. The molecule has 0 aromatic carbocycles. The van der Waals surface area contributed by atoms with Crippen LogP contribution in [0.5, 0.6) is 0 Å². The molecule has 1 aromatic rings. The predicted molar refractivity (Wildman–Crippen MR) is 73.1 cm³/mol. The van der Waals surface area contributed by atoms with Crippen molar-refractivity contribution in [2.45, 2.75) is 31.9 Å². The largest absolute Gasteiger partial charge is 0.393 e. The van der Waals surface area contributed by atoms with Gasteiger partial charge in [0.25, 0.3) is 0 Å². The molecule has 6 heteroatoms. The summed E-state index contributed by atoms with van der Waals surface area (Å²) in [6.07, 6.45) is -2.24. The van der Waals surface area contributed by atoms with Crippen LogP contribution >= 0.6 is 11.3 Å². The SMILES string of the molecule is O=C(CCCN1CCCC(C(F)(F)F)C1)c1cccs1. The van der Waals surface area contributed by atoms with Crippen LogP contribution in [0.15, 0.2) is 17.5 Å². The van der Waals surface area contributed by atoms with E-state index in [1.807, 2.05) is 16.3 Å². The Bertz CT molecular complexity index is 430. The van der Waals surface area contributed by atoms with Crippen molar-refractivity contribution in [2.75, 3.05) is 19.6 Å². The first-order valence-corrected chi connectivity index (χ1v) is 7.70. The van der Waals surface area contributed by atoms with E-state index in [4.69, 9.17) is 0 Å². The predicted octanol–water partition coefficient (Wildman–Crippen LogP) is 3.99. The van der Waals surface area contributed by atoms with E-state index >= 15 is 0 Å². The van der Waals surface area contributed by atoms with E-state index in [1.54, 1.807) is 6.07 Å². The van der Waals surface area contributed by atoms with Crippen LogP contribution in [0.4, 0.5) is 13.2 Å². The Kier molecular flexibility index (Phi) is 5.21. The standard InChI is InChI=1S/C14H18F3NOS/c15-14(16,17)11-4-1-7-18(10-11)8-2-5-12(19)13-6-3-9-20-13/h3,6,9,11H,1-2,4-5,7-8,10H2. The lowest BCUT2D eigenvalue weighted by Crippen LogP contribution is -2.42. The molecule has 1 aromatic heterocycles. The van der Waals surface area contributed by atoms with E-state index < -0.39 is 12.1 Å². The van der Waals surface area contributed by atoms with Gasteiger partial charge >= 0.3 is 6.18 Å². The summed E-state index contributed by atoms with van der Waals surface area (Å²) in [5, 5.41) is 1.85. The number of halogens is 3. The number of ketones is 1. The third-order valence-corrected chi connectivity index (χ3v) is 4.55. The maximum Gasteiger partial charge on any atom is 0.393 e. The molecule has 0 spiro atoms. The van der Waals surface area contributed by atoms with Gasteiger partial charge in [0, 0.05) is 13.0 Å². The Labute approximate surface area is 120 Å². The van der Waals surface area contributed by atoms with Gasteiger partial charge in [-0.05, 0) is 43.8 Å². The summed E-state index contributed by atoms with van der Waals surface area (Å²) in [6.45, 7) is 1.36. The third-order valence-electron chi connectivity index (χ3n) is 3.64. The second kappa shape index (κ2) is 6.72. The van der Waals surface area contributed by atoms with E-state index in [-0.39, 0.29) is 18.7 Å². The lowest BCUT2D eigenvalue weighted by atomic mass is 9.97. The molecule has 0 bridgehead atoms. The number of thiophene rings is 1. The topological polar surface area (TPSA) is 20.3 Å². The van der Waals surface area contributed by atoms with Gasteiger partial charge in [-0.1, -0.05) is 6.07 Å². The van der Waals surface area contributed by atoms with E-state index in [0.717, 1.165) is 4.88 Å². The van der Waals surface area contributed by atoms with Gasteiger partial charge in [0.1, 0.15) is 0 Å². The summed E-state index contributed by atoms with van der Waals surface area (Å²) in [6, 6.07) is 3.62. The number of carbonyl (C=O) groups excluding carboxylic acids is 1. The van der Waals surface area contributed by atoms with Crippen molar-refractivity contribution in [1.82, 2.24) is 4.90 Å². The molecule has 1 aliphatic rings. The van der Waals surface area contributed by atoms with Gasteiger partial charge < -0.3 is 4.90 Å². The molecule has 2 heterocycles. The molecule has 0 aliphatic carbocycles. The van der Waals surface area contributed by atoms with Crippen LogP contribution in [0.2, 0.25) is 0 Å². The lowest BCUT2D eigenvalue weighted by molar-refractivity contribution is -0.186. The van der Waals surface area contributed by atoms with Crippen molar-refractivity contribution in [3.63, 3.8) is 0 Å². The van der Waals surface area contributed by atoms with E-state index in [1.165, 1.54) is 11.3 Å². The van der Waals surface area contributed by atoms with Gasteiger partial charge in [-0.15, -0.1) is 11.3 Å². The van der Waals surface area contributed by atoms with Gasteiger partial charge in [-0.25, -0.2) is 0 Å². The minimum absolute atomic E-state index is 0.0801. The third kappa shape index (κ3) is 4.31. The molecule has 0 saturated carbocycles. The number of hydrogen-bond donors (Lipinski definition) is 0. The van der Waals surface area contributed by atoms with Crippen molar-refractivity contribution in [3.05, 3.63) is 22.4 Å². The van der Waals surface area contributed by atoms with Crippen LogP contribution in [0.3, 0.4) is 0 Å². The van der Waals surface area contributed by atoms with Crippen LogP contribution in [0.25, 0.3) is 0 Å². The summed E-state index contributed by atoms with van der Waals surface area (Å²) in [7, 11) is 0. The molecule has 1 aliphatic heterocycles. The van der Waals surface area contributed by atoms with E-state index in [9.17, 15) is 18.0 Å². The molecule has 0 amide bonds.